The zero-order chi connectivity index (χ0) is 14.5. The molecule has 6 nitrogen and oxygen atoms in total. The molecular formula is C14H26IN3O3. The second-order valence-corrected chi connectivity index (χ2v) is 4.25. The standard InChI is InChI=1S/C14H25N3O3.HI/c1-2-6-15-14(17-8-11-19-12-9-18)16-7-5-13-4-3-10-20-13;/h3-4,10,18H,2,5-9,11-12H2,1H3,(H2,15,16,17);1H. The van der Waals surface area contributed by atoms with Crippen LogP contribution in [0, 0.1) is 0 Å². The molecule has 1 aromatic heterocycles. The summed E-state index contributed by atoms with van der Waals surface area (Å²) in [4.78, 5) is 4.44. The van der Waals surface area contributed by atoms with Gasteiger partial charge in [-0.3, -0.25) is 4.99 Å². The molecule has 0 saturated carbocycles. The number of hydrogen-bond donors (Lipinski definition) is 3. The average molecular weight is 411 g/mol. The van der Waals surface area contributed by atoms with E-state index in [1.54, 1.807) is 6.26 Å². The van der Waals surface area contributed by atoms with Crippen molar-refractivity contribution in [3.63, 3.8) is 0 Å². The molecule has 1 heterocycles. The molecule has 0 unspecified atom stereocenters. The minimum atomic E-state index is 0. The monoisotopic (exact) mass is 411 g/mol. The molecule has 0 aliphatic rings. The molecule has 1 aromatic rings. The maximum atomic E-state index is 8.61. The first-order valence-electron chi connectivity index (χ1n) is 7.10. The Balaban J connectivity index is 0.00000400. The summed E-state index contributed by atoms with van der Waals surface area (Å²) >= 11 is 0. The van der Waals surface area contributed by atoms with E-state index in [4.69, 9.17) is 14.3 Å². The van der Waals surface area contributed by atoms with E-state index in [0.29, 0.717) is 19.8 Å². The molecule has 1 rings (SSSR count). The van der Waals surface area contributed by atoms with Gasteiger partial charge in [-0.1, -0.05) is 6.92 Å². The molecule has 0 saturated heterocycles. The van der Waals surface area contributed by atoms with Crippen molar-refractivity contribution < 1.29 is 14.3 Å². The fraction of sp³-hybridized carbons (Fsp3) is 0.643. The predicted octanol–water partition coefficient (Wildman–Crippen LogP) is 1.39. The molecule has 0 fully saturated rings. The van der Waals surface area contributed by atoms with Gasteiger partial charge in [0.15, 0.2) is 5.96 Å². The maximum absolute atomic E-state index is 8.61. The van der Waals surface area contributed by atoms with Gasteiger partial charge >= 0.3 is 0 Å². The van der Waals surface area contributed by atoms with E-state index in [-0.39, 0.29) is 30.6 Å². The topological polar surface area (TPSA) is 79.0 Å². The molecule has 3 N–H and O–H groups in total. The van der Waals surface area contributed by atoms with Crippen LogP contribution in [0.2, 0.25) is 0 Å². The Morgan fingerprint density at radius 2 is 2.14 bits per heavy atom. The summed E-state index contributed by atoms with van der Waals surface area (Å²) in [5.74, 6) is 1.74. The summed E-state index contributed by atoms with van der Waals surface area (Å²) in [5, 5.41) is 15.1. The zero-order valence-electron chi connectivity index (χ0n) is 12.5. The van der Waals surface area contributed by atoms with Gasteiger partial charge in [-0.15, -0.1) is 24.0 Å². The minimum absolute atomic E-state index is 0. The van der Waals surface area contributed by atoms with E-state index in [1.165, 1.54) is 0 Å². The lowest BCUT2D eigenvalue weighted by atomic mass is 10.3. The van der Waals surface area contributed by atoms with E-state index in [1.807, 2.05) is 12.1 Å². The molecule has 7 heteroatoms. The van der Waals surface area contributed by atoms with E-state index >= 15 is 0 Å². The van der Waals surface area contributed by atoms with Crippen LogP contribution in [0.5, 0.6) is 0 Å². The van der Waals surface area contributed by atoms with E-state index in [0.717, 1.165) is 37.7 Å². The first-order chi connectivity index (χ1) is 9.86. The highest BCUT2D eigenvalue weighted by Crippen LogP contribution is 1.99. The number of rotatable bonds is 10. The first-order valence-corrected chi connectivity index (χ1v) is 7.10. The molecule has 122 valence electrons. The van der Waals surface area contributed by atoms with Gasteiger partial charge in [-0.2, -0.15) is 0 Å². The van der Waals surface area contributed by atoms with Crippen molar-refractivity contribution in [2.45, 2.75) is 19.8 Å². The van der Waals surface area contributed by atoms with Gasteiger partial charge in [-0.05, 0) is 18.6 Å². The van der Waals surface area contributed by atoms with Crippen molar-refractivity contribution in [2.75, 3.05) is 39.5 Å². The fourth-order valence-corrected chi connectivity index (χ4v) is 1.57. The van der Waals surface area contributed by atoms with Crippen LogP contribution in [0.15, 0.2) is 27.8 Å². The Morgan fingerprint density at radius 3 is 2.81 bits per heavy atom. The highest BCUT2D eigenvalue weighted by Gasteiger charge is 1.99. The van der Waals surface area contributed by atoms with Gasteiger partial charge in [-0.25, -0.2) is 0 Å². The summed E-state index contributed by atoms with van der Waals surface area (Å²) in [7, 11) is 0. The van der Waals surface area contributed by atoms with Crippen molar-refractivity contribution >= 4 is 29.9 Å². The van der Waals surface area contributed by atoms with Crippen LogP contribution in [0.3, 0.4) is 0 Å². The number of hydrogen-bond acceptors (Lipinski definition) is 4. The normalized spacial score (nSPS) is 11.0. The third-order valence-corrected chi connectivity index (χ3v) is 2.51. The lowest BCUT2D eigenvalue weighted by molar-refractivity contribution is 0.0957. The Kier molecular flexibility index (Phi) is 13.6. The largest absolute Gasteiger partial charge is 0.469 e. The van der Waals surface area contributed by atoms with Gasteiger partial charge in [0.25, 0.3) is 0 Å². The number of ether oxygens (including phenoxy) is 1. The number of guanidine groups is 1. The molecular weight excluding hydrogens is 385 g/mol. The molecule has 0 aromatic carbocycles. The molecule has 0 atom stereocenters. The van der Waals surface area contributed by atoms with Crippen molar-refractivity contribution in [3.05, 3.63) is 24.2 Å². The Morgan fingerprint density at radius 1 is 1.33 bits per heavy atom. The maximum Gasteiger partial charge on any atom is 0.191 e. The summed E-state index contributed by atoms with van der Waals surface area (Å²) in [5.41, 5.74) is 0. The summed E-state index contributed by atoms with van der Waals surface area (Å²) in [6, 6.07) is 3.85. The van der Waals surface area contributed by atoms with Crippen molar-refractivity contribution in [2.24, 2.45) is 4.99 Å². The Bertz CT molecular complexity index is 358. The molecule has 0 spiro atoms. The van der Waals surface area contributed by atoms with Gasteiger partial charge in [0.2, 0.25) is 0 Å². The molecule has 0 radical (unpaired) electrons. The quantitative estimate of drug-likeness (QED) is 0.235. The fourth-order valence-electron chi connectivity index (χ4n) is 1.57. The van der Waals surface area contributed by atoms with Crippen molar-refractivity contribution in [1.82, 2.24) is 10.6 Å². The highest BCUT2D eigenvalue weighted by molar-refractivity contribution is 14.0. The number of aliphatic imine (C=N–C) groups is 1. The van der Waals surface area contributed by atoms with Crippen molar-refractivity contribution in [1.29, 1.82) is 0 Å². The number of aliphatic hydroxyl groups excluding tert-OH is 1. The summed E-state index contributed by atoms with van der Waals surface area (Å²) in [6.45, 7) is 5.28. The van der Waals surface area contributed by atoms with Crippen LogP contribution < -0.4 is 10.6 Å². The number of nitrogens with one attached hydrogen (secondary N) is 2. The molecule has 21 heavy (non-hydrogen) atoms. The van der Waals surface area contributed by atoms with Crippen molar-refractivity contribution in [3.8, 4) is 0 Å². The lowest BCUT2D eigenvalue weighted by Gasteiger charge is -2.12. The Hall–Kier alpha value is -0.800. The van der Waals surface area contributed by atoms with Gasteiger partial charge < -0.3 is 24.9 Å². The molecule has 0 amide bonds. The second-order valence-electron chi connectivity index (χ2n) is 4.25. The number of furan rings is 1. The van der Waals surface area contributed by atoms with Crippen LogP contribution in [0.4, 0.5) is 0 Å². The van der Waals surface area contributed by atoms with Crippen LogP contribution >= 0.6 is 24.0 Å². The van der Waals surface area contributed by atoms with E-state index < -0.39 is 0 Å². The van der Waals surface area contributed by atoms with Crippen LogP contribution in [0.1, 0.15) is 19.1 Å². The summed E-state index contributed by atoms with van der Waals surface area (Å²) < 4.78 is 10.5. The van der Waals surface area contributed by atoms with E-state index in [2.05, 4.69) is 22.5 Å². The molecule has 0 bridgehead atoms. The average Bonchev–Trinajstić information content (AvgIpc) is 2.97. The number of halogens is 1. The van der Waals surface area contributed by atoms with Crippen LogP contribution in [0.25, 0.3) is 0 Å². The van der Waals surface area contributed by atoms with Gasteiger partial charge in [0.05, 0.1) is 26.1 Å². The number of nitrogens with zero attached hydrogens (tertiary/aromatic N) is 1. The SMILES string of the molecule is CCCN=C(NCCOCCO)NCCc1ccco1.I. The van der Waals surface area contributed by atoms with Gasteiger partial charge in [0, 0.05) is 26.1 Å². The lowest BCUT2D eigenvalue weighted by Crippen LogP contribution is -2.40. The number of aliphatic hydroxyl groups is 1. The predicted molar refractivity (Wildman–Crippen MR) is 94.3 cm³/mol. The minimum Gasteiger partial charge on any atom is -0.469 e. The smallest absolute Gasteiger partial charge is 0.191 e. The third kappa shape index (κ3) is 10.6. The summed E-state index contributed by atoms with van der Waals surface area (Å²) in [6.07, 6.45) is 3.51. The van der Waals surface area contributed by atoms with Crippen LogP contribution in [-0.2, 0) is 11.2 Å². The van der Waals surface area contributed by atoms with Crippen LogP contribution in [-0.4, -0.2) is 50.5 Å². The second kappa shape index (κ2) is 14.2. The van der Waals surface area contributed by atoms with Gasteiger partial charge in [0.1, 0.15) is 5.76 Å². The zero-order valence-corrected chi connectivity index (χ0v) is 14.8. The highest BCUT2D eigenvalue weighted by atomic mass is 127. The molecule has 0 aliphatic carbocycles. The van der Waals surface area contributed by atoms with E-state index in [9.17, 15) is 0 Å². The Labute approximate surface area is 143 Å². The first kappa shape index (κ1) is 20.2. The molecule has 0 aliphatic heterocycles. The third-order valence-electron chi connectivity index (χ3n) is 2.51.